The normalized spacial score (nSPS) is 14.1. The van der Waals surface area contributed by atoms with E-state index in [1.54, 1.807) is 6.92 Å². The third-order valence-electron chi connectivity index (χ3n) is 2.01. The van der Waals surface area contributed by atoms with Crippen LogP contribution in [0.4, 0.5) is 0 Å². The van der Waals surface area contributed by atoms with Gasteiger partial charge in [0.15, 0.2) is 9.84 Å². The van der Waals surface area contributed by atoms with Crippen LogP contribution in [0.2, 0.25) is 0 Å². The van der Waals surface area contributed by atoms with Crippen LogP contribution in [0.5, 0.6) is 0 Å². The predicted octanol–water partition coefficient (Wildman–Crippen LogP) is 1.43. The molecule has 0 rings (SSSR count). The van der Waals surface area contributed by atoms with E-state index in [0.29, 0.717) is 6.42 Å². The Labute approximate surface area is 80.4 Å². The molecule has 0 aliphatic rings. The molecule has 4 heteroatoms. The molecule has 78 valence electrons. The lowest BCUT2D eigenvalue weighted by atomic mass is 10.2. The average molecular weight is 206 g/mol. The first kappa shape index (κ1) is 12.6. The zero-order chi connectivity index (χ0) is 10.5. The van der Waals surface area contributed by atoms with Crippen molar-refractivity contribution in [3.05, 3.63) is 0 Å². The molecule has 0 aromatic heterocycles. The van der Waals surface area contributed by atoms with Crippen molar-refractivity contribution in [2.24, 2.45) is 5.92 Å². The van der Waals surface area contributed by atoms with Crippen molar-refractivity contribution in [3.63, 3.8) is 0 Å². The van der Waals surface area contributed by atoms with E-state index in [9.17, 15) is 13.2 Å². The maximum absolute atomic E-state index is 11.3. The van der Waals surface area contributed by atoms with E-state index in [4.69, 9.17) is 0 Å². The Morgan fingerprint density at radius 1 is 1.31 bits per heavy atom. The van der Waals surface area contributed by atoms with Gasteiger partial charge in [0, 0.05) is 6.42 Å². The van der Waals surface area contributed by atoms with E-state index in [1.165, 1.54) is 0 Å². The summed E-state index contributed by atoms with van der Waals surface area (Å²) in [5.41, 5.74) is 0. The molecule has 0 N–H and O–H groups in total. The maximum Gasteiger partial charge on any atom is 0.157 e. The second-order valence-corrected chi connectivity index (χ2v) is 5.57. The number of sulfone groups is 1. The van der Waals surface area contributed by atoms with Gasteiger partial charge in [0.2, 0.25) is 0 Å². The van der Waals surface area contributed by atoms with Crippen molar-refractivity contribution in [1.82, 2.24) is 0 Å². The van der Waals surface area contributed by atoms with Gasteiger partial charge >= 0.3 is 0 Å². The molecule has 0 fully saturated rings. The minimum atomic E-state index is -3.15. The number of hydrogen-bond acceptors (Lipinski definition) is 3. The molecule has 0 bridgehead atoms. The van der Waals surface area contributed by atoms with E-state index in [2.05, 4.69) is 0 Å². The molecule has 0 amide bonds. The van der Waals surface area contributed by atoms with Gasteiger partial charge in [0.25, 0.3) is 0 Å². The SMILES string of the molecule is CCC(=O)CS(=O)(=O)CC(C)CC. The zero-order valence-corrected chi connectivity index (χ0v) is 9.36. The van der Waals surface area contributed by atoms with E-state index < -0.39 is 9.84 Å². The third kappa shape index (κ3) is 5.80. The van der Waals surface area contributed by atoms with Gasteiger partial charge in [-0.25, -0.2) is 8.42 Å². The number of rotatable bonds is 6. The predicted molar refractivity (Wildman–Crippen MR) is 53.4 cm³/mol. The molecular formula is C9H18O3S. The number of carbonyl (C=O) groups excluding carboxylic acids is 1. The van der Waals surface area contributed by atoms with Crippen LogP contribution in [0.3, 0.4) is 0 Å². The highest BCUT2D eigenvalue weighted by atomic mass is 32.2. The number of Topliss-reactive ketones (excluding diaryl/α,β-unsaturated/α-hetero) is 1. The van der Waals surface area contributed by atoms with Crippen LogP contribution in [-0.4, -0.2) is 25.7 Å². The standard InChI is InChI=1S/C9H18O3S/c1-4-8(3)6-13(11,12)7-9(10)5-2/h8H,4-7H2,1-3H3. The molecule has 1 unspecified atom stereocenters. The van der Waals surface area contributed by atoms with E-state index in [0.717, 1.165) is 6.42 Å². The Morgan fingerprint density at radius 3 is 2.23 bits per heavy atom. The number of hydrogen-bond donors (Lipinski definition) is 0. The molecule has 0 saturated heterocycles. The second kappa shape index (κ2) is 5.37. The van der Waals surface area contributed by atoms with Gasteiger partial charge in [0.05, 0.1) is 5.75 Å². The molecule has 0 heterocycles. The molecule has 0 aliphatic heterocycles. The fraction of sp³-hybridized carbons (Fsp3) is 0.889. The Balaban J connectivity index is 4.17. The molecule has 0 aromatic rings. The minimum Gasteiger partial charge on any atom is -0.299 e. The van der Waals surface area contributed by atoms with E-state index in [1.807, 2.05) is 13.8 Å². The van der Waals surface area contributed by atoms with Gasteiger partial charge in [-0.15, -0.1) is 0 Å². The lowest BCUT2D eigenvalue weighted by molar-refractivity contribution is -0.116. The fourth-order valence-corrected chi connectivity index (χ4v) is 2.87. The molecule has 0 saturated carbocycles. The first-order valence-corrected chi connectivity index (χ1v) is 6.45. The summed E-state index contributed by atoms with van der Waals surface area (Å²) in [5.74, 6) is -0.193. The quantitative estimate of drug-likeness (QED) is 0.660. The second-order valence-electron chi connectivity index (χ2n) is 3.46. The fourth-order valence-electron chi connectivity index (χ4n) is 0.958. The minimum absolute atomic E-state index is 0.134. The van der Waals surface area contributed by atoms with Crippen molar-refractivity contribution in [1.29, 1.82) is 0 Å². The van der Waals surface area contributed by atoms with Crippen molar-refractivity contribution >= 4 is 15.6 Å². The Morgan fingerprint density at radius 2 is 1.85 bits per heavy atom. The van der Waals surface area contributed by atoms with Crippen molar-refractivity contribution in [2.45, 2.75) is 33.6 Å². The lowest BCUT2D eigenvalue weighted by Gasteiger charge is -2.07. The zero-order valence-electron chi connectivity index (χ0n) is 8.54. The molecule has 0 aromatic carbocycles. The number of carbonyl (C=O) groups is 1. The summed E-state index contributed by atoms with van der Waals surface area (Å²) >= 11 is 0. The van der Waals surface area contributed by atoms with Crippen LogP contribution in [0.1, 0.15) is 33.6 Å². The largest absolute Gasteiger partial charge is 0.299 e. The first-order valence-electron chi connectivity index (χ1n) is 4.63. The van der Waals surface area contributed by atoms with Crippen LogP contribution in [0.15, 0.2) is 0 Å². The van der Waals surface area contributed by atoms with Crippen molar-refractivity contribution < 1.29 is 13.2 Å². The topological polar surface area (TPSA) is 51.2 Å². The monoisotopic (exact) mass is 206 g/mol. The molecule has 0 radical (unpaired) electrons. The van der Waals surface area contributed by atoms with E-state index >= 15 is 0 Å². The maximum atomic E-state index is 11.3. The van der Waals surface area contributed by atoms with Gasteiger partial charge in [-0.1, -0.05) is 27.2 Å². The molecule has 1 atom stereocenters. The first-order chi connectivity index (χ1) is 5.91. The third-order valence-corrected chi connectivity index (χ3v) is 3.85. The van der Waals surface area contributed by atoms with Crippen LogP contribution in [0.25, 0.3) is 0 Å². The molecule has 0 aliphatic carbocycles. The lowest BCUT2D eigenvalue weighted by Crippen LogP contribution is -2.21. The van der Waals surface area contributed by atoms with Crippen molar-refractivity contribution in [3.8, 4) is 0 Å². The molecular weight excluding hydrogens is 188 g/mol. The molecule has 0 spiro atoms. The Bertz CT molecular complexity index is 254. The van der Waals surface area contributed by atoms with Crippen molar-refractivity contribution in [2.75, 3.05) is 11.5 Å². The summed E-state index contributed by atoms with van der Waals surface area (Å²) in [4.78, 5) is 10.9. The van der Waals surface area contributed by atoms with Gasteiger partial charge in [-0.2, -0.15) is 0 Å². The molecule has 13 heavy (non-hydrogen) atoms. The summed E-state index contributed by atoms with van der Waals surface area (Å²) in [7, 11) is -3.15. The van der Waals surface area contributed by atoms with Crippen LogP contribution < -0.4 is 0 Å². The van der Waals surface area contributed by atoms with Crippen LogP contribution >= 0.6 is 0 Å². The summed E-state index contributed by atoms with van der Waals surface area (Å²) in [6.07, 6.45) is 1.14. The summed E-state index contributed by atoms with van der Waals surface area (Å²) < 4.78 is 22.7. The molecule has 3 nitrogen and oxygen atoms in total. The highest BCUT2D eigenvalue weighted by Gasteiger charge is 2.17. The summed E-state index contributed by atoms with van der Waals surface area (Å²) in [6, 6.07) is 0. The van der Waals surface area contributed by atoms with Gasteiger partial charge in [-0.3, -0.25) is 4.79 Å². The van der Waals surface area contributed by atoms with Crippen LogP contribution in [-0.2, 0) is 14.6 Å². The van der Waals surface area contributed by atoms with Gasteiger partial charge < -0.3 is 0 Å². The summed E-state index contributed by atoms with van der Waals surface area (Å²) in [6.45, 7) is 5.51. The van der Waals surface area contributed by atoms with E-state index in [-0.39, 0.29) is 23.2 Å². The Hall–Kier alpha value is -0.380. The average Bonchev–Trinajstić information content (AvgIpc) is 2.02. The summed E-state index contributed by atoms with van der Waals surface area (Å²) in [5, 5.41) is 0. The van der Waals surface area contributed by atoms with Gasteiger partial charge in [-0.05, 0) is 5.92 Å². The number of ketones is 1. The highest BCUT2D eigenvalue weighted by Crippen LogP contribution is 2.06. The Kier molecular flexibility index (Phi) is 5.21. The highest BCUT2D eigenvalue weighted by molar-refractivity contribution is 7.92. The van der Waals surface area contributed by atoms with Crippen LogP contribution in [0, 0.1) is 5.92 Å². The van der Waals surface area contributed by atoms with Gasteiger partial charge in [0.1, 0.15) is 11.5 Å². The smallest absolute Gasteiger partial charge is 0.157 e.